The minimum Gasteiger partial charge on any atom is -0.481 e. The average molecular weight is 284 g/mol. The molecule has 2 heteroatoms. The lowest BCUT2D eigenvalue weighted by atomic mass is 9.41. The molecule has 4 saturated carbocycles. The van der Waals surface area contributed by atoms with Gasteiger partial charge in [-0.05, 0) is 60.8 Å². The van der Waals surface area contributed by atoms with Crippen LogP contribution in [0.15, 0.2) is 30.3 Å². The molecule has 5 rings (SSSR count). The zero-order valence-electron chi connectivity index (χ0n) is 12.7. The van der Waals surface area contributed by atoms with E-state index in [4.69, 9.17) is 0 Å². The van der Waals surface area contributed by atoms with Crippen molar-refractivity contribution in [2.75, 3.05) is 0 Å². The fraction of sp³-hybridized carbons (Fsp3) is 0.632. The Morgan fingerprint density at radius 3 is 2.10 bits per heavy atom. The molecule has 0 aliphatic heterocycles. The van der Waals surface area contributed by atoms with E-state index >= 15 is 0 Å². The van der Waals surface area contributed by atoms with Crippen molar-refractivity contribution in [3.8, 4) is 0 Å². The number of hydrogen-bond donors (Lipinski definition) is 1. The number of aliphatic carboxylic acids is 1. The van der Waals surface area contributed by atoms with Crippen LogP contribution < -0.4 is 0 Å². The Morgan fingerprint density at radius 1 is 1.10 bits per heavy atom. The SMILES string of the molecule is CC1C2CC3CC1CC(C2)C3(CC(=O)O)c1ccccc1. The molecule has 2 nitrogen and oxygen atoms in total. The Hall–Kier alpha value is -1.31. The number of benzene rings is 1. The van der Waals surface area contributed by atoms with E-state index in [2.05, 4.69) is 31.2 Å². The highest BCUT2D eigenvalue weighted by molar-refractivity contribution is 5.69. The largest absolute Gasteiger partial charge is 0.481 e. The third-order valence-corrected chi connectivity index (χ3v) is 7.05. The van der Waals surface area contributed by atoms with Gasteiger partial charge in [0.25, 0.3) is 0 Å². The van der Waals surface area contributed by atoms with Crippen molar-refractivity contribution in [1.29, 1.82) is 0 Å². The van der Waals surface area contributed by atoms with E-state index in [-0.39, 0.29) is 5.41 Å². The number of rotatable bonds is 3. The highest BCUT2D eigenvalue weighted by atomic mass is 16.4. The van der Waals surface area contributed by atoms with Crippen molar-refractivity contribution in [3.05, 3.63) is 35.9 Å². The molecular formula is C19H24O2. The van der Waals surface area contributed by atoms with Gasteiger partial charge in [0.1, 0.15) is 0 Å². The highest BCUT2D eigenvalue weighted by Crippen LogP contribution is 2.65. The molecule has 1 aromatic rings. The average Bonchev–Trinajstić information content (AvgIpc) is 2.45. The van der Waals surface area contributed by atoms with E-state index in [9.17, 15) is 9.90 Å². The van der Waals surface area contributed by atoms with Gasteiger partial charge in [0.05, 0.1) is 6.42 Å². The Bertz CT molecular complexity index is 518. The Kier molecular flexibility index (Phi) is 2.92. The highest BCUT2D eigenvalue weighted by Gasteiger charge is 2.60. The van der Waals surface area contributed by atoms with Crippen molar-refractivity contribution in [1.82, 2.24) is 0 Å². The van der Waals surface area contributed by atoms with Crippen molar-refractivity contribution in [2.45, 2.75) is 44.4 Å². The summed E-state index contributed by atoms with van der Waals surface area (Å²) in [6.45, 7) is 2.43. The molecule has 0 heterocycles. The van der Waals surface area contributed by atoms with Crippen LogP contribution in [-0.2, 0) is 10.2 Å². The fourth-order valence-electron chi connectivity index (χ4n) is 6.13. The molecule has 0 aromatic heterocycles. The topological polar surface area (TPSA) is 37.3 Å². The van der Waals surface area contributed by atoms with Gasteiger partial charge >= 0.3 is 5.97 Å². The van der Waals surface area contributed by atoms with Crippen molar-refractivity contribution in [2.24, 2.45) is 29.6 Å². The second kappa shape index (κ2) is 4.59. The molecule has 0 amide bonds. The summed E-state index contributed by atoms with van der Waals surface area (Å²) in [6, 6.07) is 10.5. The zero-order valence-corrected chi connectivity index (χ0v) is 12.7. The standard InChI is InChI=1S/C19H24O2/c1-12-13-7-16-9-14(12)10-17(8-13)19(16,11-18(20)21)15-5-3-2-4-6-15/h2-6,12-14,16-17H,7-11H2,1H3,(H,20,21). The summed E-state index contributed by atoms with van der Waals surface area (Å²) in [5, 5.41) is 9.58. The summed E-state index contributed by atoms with van der Waals surface area (Å²) in [7, 11) is 0. The molecule has 112 valence electrons. The first-order valence-electron chi connectivity index (χ1n) is 8.38. The van der Waals surface area contributed by atoms with Gasteiger partial charge in [-0.15, -0.1) is 0 Å². The normalized spacial score (nSPS) is 44.0. The first-order chi connectivity index (χ1) is 10.1. The third kappa shape index (κ3) is 1.81. The van der Waals surface area contributed by atoms with Crippen LogP contribution in [0, 0.1) is 29.6 Å². The van der Waals surface area contributed by atoms with Crippen LogP contribution in [0.4, 0.5) is 0 Å². The third-order valence-electron chi connectivity index (χ3n) is 7.05. The number of carboxylic acids is 1. The number of hydrogen-bond acceptors (Lipinski definition) is 1. The fourth-order valence-corrected chi connectivity index (χ4v) is 6.13. The lowest BCUT2D eigenvalue weighted by Gasteiger charge is -2.63. The van der Waals surface area contributed by atoms with Gasteiger partial charge < -0.3 is 5.11 Å². The lowest BCUT2D eigenvalue weighted by Crippen LogP contribution is -2.58. The van der Waals surface area contributed by atoms with Crippen molar-refractivity contribution in [3.63, 3.8) is 0 Å². The van der Waals surface area contributed by atoms with Gasteiger partial charge in [-0.25, -0.2) is 0 Å². The summed E-state index contributed by atoms with van der Waals surface area (Å²) in [4.78, 5) is 11.6. The molecule has 0 radical (unpaired) electrons. The molecule has 21 heavy (non-hydrogen) atoms. The second-order valence-electron chi connectivity index (χ2n) is 7.69. The van der Waals surface area contributed by atoms with Crippen molar-refractivity contribution >= 4 is 5.97 Å². The van der Waals surface area contributed by atoms with Gasteiger partial charge in [-0.1, -0.05) is 37.3 Å². The minimum atomic E-state index is -0.626. The quantitative estimate of drug-likeness (QED) is 0.907. The molecule has 0 saturated heterocycles. The predicted octanol–water partition coefficient (Wildman–Crippen LogP) is 4.10. The Labute approximate surface area is 126 Å². The summed E-state index contributed by atoms with van der Waals surface area (Å²) < 4.78 is 0. The summed E-state index contributed by atoms with van der Waals surface area (Å²) in [5.41, 5.74) is 1.19. The maximum atomic E-state index is 11.6. The Morgan fingerprint density at radius 2 is 1.62 bits per heavy atom. The number of carbonyl (C=O) groups is 1. The predicted molar refractivity (Wildman–Crippen MR) is 82.0 cm³/mol. The van der Waals surface area contributed by atoms with Gasteiger partial charge in [-0.2, -0.15) is 0 Å². The monoisotopic (exact) mass is 284 g/mol. The first kappa shape index (κ1) is 13.4. The van der Waals surface area contributed by atoms with Gasteiger partial charge in [-0.3, -0.25) is 4.79 Å². The minimum absolute atomic E-state index is 0.0970. The molecule has 4 bridgehead atoms. The van der Waals surface area contributed by atoms with Crippen LogP contribution in [0.3, 0.4) is 0 Å². The Balaban J connectivity index is 1.80. The molecule has 1 aromatic carbocycles. The van der Waals surface area contributed by atoms with Gasteiger partial charge in [0.15, 0.2) is 0 Å². The van der Waals surface area contributed by atoms with E-state index in [1.54, 1.807) is 0 Å². The summed E-state index contributed by atoms with van der Waals surface area (Å²) in [6.07, 6.45) is 5.31. The molecule has 0 atom stereocenters. The van der Waals surface area contributed by atoms with Gasteiger partial charge in [0, 0.05) is 5.41 Å². The van der Waals surface area contributed by atoms with E-state index in [0.717, 1.165) is 17.8 Å². The van der Waals surface area contributed by atoms with Gasteiger partial charge in [0.2, 0.25) is 0 Å². The van der Waals surface area contributed by atoms with Crippen LogP contribution >= 0.6 is 0 Å². The molecule has 0 unspecified atom stereocenters. The summed E-state index contributed by atoms with van der Waals surface area (Å²) >= 11 is 0. The van der Waals surface area contributed by atoms with E-state index in [1.807, 2.05) is 6.07 Å². The summed E-state index contributed by atoms with van der Waals surface area (Å²) in [5.74, 6) is 3.08. The molecular weight excluding hydrogens is 260 g/mol. The van der Waals surface area contributed by atoms with E-state index < -0.39 is 5.97 Å². The number of carboxylic acid groups (broad SMARTS) is 1. The van der Waals surface area contributed by atoms with Crippen LogP contribution in [-0.4, -0.2) is 11.1 Å². The van der Waals surface area contributed by atoms with Crippen molar-refractivity contribution < 1.29 is 9.90 Å². The molecule has 1 N–H and O–H groups in total. The molecule has 4 aliphatic rings. The first-order valence-corrected chi connectivity index (χ1v) is 8.38. The molecule has 0 spiro atoms. The van der Waals surface area contributed by atoms with Crippen LogP contribution in [0.1, 0.15) is 44.6 Å². The van der Waals surface area contributed by atoms with Crippen LogP contribution in [0.5, 0.6) is 0 Å². The second-order valence-corrected chi connectivity index (χ2v) is 7.69. The smallest absolute Gasteiger partial charge is 0.304 e. The van der Waals surface area contributed by atoms with E-state index in [1.165, 1.54) is 31.2 Å². The van der Waals surface area contributed by atoms with E-state index in [0.29, 0.717) is 18.3 Å². The molecule has 4 fully saturated rings. The molecule has 4 aliphatic carbocycles. The maximum absolute atomic E-state index is 11.6. The van der Waals surface area contributed by atoms with Crippen LogP contribution in [0.2, 0.25) is 0 Å². The zero-order chi connectivity index (χ0) is 14.6. The van der Waals surface area contributed by atoms with Crippen LogP contribution in [0.25, 0.3) is 0 Å². The maximum Gasteiger partial charge on any atom is 0.304 e. The lowest BCUT2D eigenvalue weighted by molar-refractivity contribution is -0.147.